The molecule has 0 aromatic rings. The van der Waals surface area contributed by atoms with Crippen LogP contribution in [-0.2, 0) is 0 Å². The van der Waals surface area contributed by atoms with Crippen LogP contribution in [0.4, 0.5) is 0 Å². The van der Waals surface area contributed by atoms with Gasteiger partial charge in [-0.3, -0.25) is 4.90 Å². The minimum absolute atomic E-state index is 0.342. The Hall–Kier alpha value is -1.00. The van der Waals surface area contributed by atoms with Gasteiger partial charge in [0.15, 0.2) is 0 Å². The highest BCUT2D eigenvalue weighted by Gasteiger charge is 2.79. The van der Waals surface area contributed by atoms with Crippen molar-refractivity contribution in [2.24, 2.45) is 33.5 Å². The van der Waals surface area contributed by atoms with Crippen molar-refractivity contribution < 1.29 is 0 Å². The first-order valence-corrected chi connectivity index (χ1v) is 14.6. The fraction of sp³-hybridized carbons (Fsp3) is 0.812. The lowest BCUT2D eigenvalue weighted by Crippen LogP contribution is -2.60. The van der Waals surface area contributed by atoms with Gasteiger partial charge in [0.25, 0.3) is 0 Å². The van der Waals surface area contributed by atoms with Gasteiger partial charge in [-0.05, 0) is 69.1 Å². The first-order valence-electron chi connectivity index (χ1n) is 14.6. The van der Waals surface area contributed by atoms with E-state index in [2.05, 4.69) is 42.7 Å². The van der Waals surface area contributed by atoms with Gasteiger partial charge in [0.1, 0.15) is 0 Å². The number of hydrogen-bond acceptors (Lipinski definition) is 1. The molecular formula is C32H43N. The summed E-state index contributed by atoms with van der Waals surface area (Å²) in [5.41, 5.74) is 5.82. The molecule has 0 aromatic heterocycles. The van der Waals surface area contributed by atoms with Gasteiger partial charge in [0, 0.05) is 47.2 Å². The van der Waals surface area contributed by atoms with Crippen molar-refractivity contribution in [3.63, 3.8) is 0 Å². The van der Waals surface area contributed by atoms with Crippen LogP contribution in [0.5, 0.6) is 0 Å². The van der Waals surface area contributed by atoms with Crippen LogP contribution in [0.25, 0.3) is 0 Å². The van der Waals surface area contributed by atoms with Crippen LogP contribution in [0.1, 0.15) is 110 Å². The van der Waals surface area contributed by atoms with E-state index in [1.54, 1.807) is 5.57 Å². The van der Waals surface area contributed by atoms with Crippen molar-refractivity contribution in [1.82, 2.24) is 4.90 Å². The molecule has 6 aliphatic carbocycles. The first-order chi connectivity index (χ1) is 16.0. The van der Waals surface area contributed by atoms with Crippen LogP contribution in [-0.4, -0.2) is 23.0 Å². The van der Waals surface area contributed by atoms with Crippen LogP contribution in [0.2, 0.25) is 0 Å². The Labute approximate surface area is 201 Å². The molecule has 3 aliphatic heterocycles. The molecule has 1 nitrogen and oxygen atoms in total. The molecule has 1 saturated heterocycles. The molecule has 3 spiro atoms. The number of hydrogen-bond donors (Lipinski definition) is 0. The Kier molecular flexibility index (Phi) is 3.81. The molecule has 0 radical (unpaired) electrons. The van der Waals surface area contributed by atoms with E-state index in [1.165, 1.54) is 90.0 Å². The summed E-state index contributed by atoms with van der Waals surface area (Å²) >= 11 is 0. The second-order valence-electron chi connectivity index (χ2n) is 14.1. The molecule has 9 rings (SSSR count). The molecule has 0 aromatic carbocycles. The third-order valence-corrected chi connectivity index (χ3v) is 13.8. The maximum atomic E-state index is 3.94. The summed E-state index contributed by atoms with van der Waals surface area (Å²) in [5.74, 6) is 9.70. The molecule has 3 heterocycles. The topological polar surface area (TPSA) is 3.01 Å². The van der Waals surface area contributed by atoms with Crippen molar-refractivity contribution in [2.45, 2.75) is 122 Å². The number of rotatable bonds is 1. The summed E-state index contributed by atoms with van der Waals surface area (Å²) in [6.07, 6.45) is 26.7. The number of fused-ring (bicyclic) bond motifs is 2. The van der Waals surface area contributed by atoms with Crippen molar-refractivity contribution in [2.75, 3.05) is 6.54 Å². The Morgan fingerprint density at radius 1 is 0.939 bits per heavy atom. The fourth-order valence-corrected chi connectivity index (χ4v) is 12.2. The van der Waals surface area contributed by atoms with E-state index in [-0.39, 0.29) is 0 Å². The monoisotopic (exact) mass is 441 g/mol. The normalized spacial score (nSPS) is 56.0. The van der Waals surface area contributed by atoms with Crippen LogP contribution < -0.4 is 0 Å². The Morgan fingerprint density at radius 3 is 2.67 bits per heavy atom. The van der Waals surface area contributed by atoms with Crippen LogP contribution in [0.15, 0.2) is 23.3 Å². The van der Waals surface area contributed by atoms with E-state index in [1.807, 2.05) is 5.57 Å². The van der Waals surface area contributed by atoms with Crippen molar-refractivity contribution in [3.8, 4) is 11.8 Å². The van der Waals surface area contributed by atoms with Crippen LogP contribution in [0.3, 0.4) is 0 Å². The summed E-state index contributed by atoms with van der Waals surface area (Å²) in [4.78, 5) is 3.05. The SMILES string of the molecule is CC1=C2CC34CCC(C5CCCCC5)C2(CC1)C3(C)CC#CCC12C=CC4N3CC31CCC2. The van der Waals surface area contributed by atoms with E-state index in [0.29, 0.717) is 33.2 Å². The molecule has 1 heteroatoms. The molecule has 8 unspecified atom stereocenters. The predicted molar refractivity (Wildman–Crippen MR) is 134 cm³/mol. The van der Waals surface area contributed by atoms with Gasteiger partial charge in [-0.1, -0.05) is 68.7 Å². The minimum Gasteiger partial charge on any atom is -0.287 e. The largest absolute Gasteiger partial charge is 0.287 e. The molecule has 8 atom stereocenters. The molecule has 33 heavy (non-hydrogen) atoms. The van der Waals surface area contributed by atoms with Gasteiger partial charge in [-0.2, -0.15) is 0 Å². The van der Waals surface area contributed by atoms with E-state index in [9.17, 15) is 0 Å². The summed E-state index contributed by atoms with van der Waals surface area (Å²) in [5, 5.41) is 0. The summed E-state index contributed by atoms with van der Waals surface area (Å²) in [6, 6.07) is 0.670. The summed E-state index contributed by atoms with van der Waals surface area (Å²) in [7, 11) is 0. The van der Waals surface area contributed by atoms with Crippen molar-refractivity contribution in [1.29, 1.82) is 0 Å². The minimum atomic E-state index is 0.342. The van der Waals surface area contributed by atoms with E-state index in [0.717, 1.165) is 24.7 Å². The molecule has 5 fully saturated rings. The van der Waals surface area contributed by atoms with Gasteiger partial charge in [0.05, 0.1) is 0 Å². The van der Waals surface area contributed by atoms with E-state index in [4.69, 9.17) is 0 Å². The molecule has 9 aliphatic rings. The Bertz CT molecular complexity index is 1030. The third kappa shape index (κ3) is 2.04. The van der Waals surface area contributed by atoms with E-state index >= 15 is 0 Å². The van der Waals surface area contributed by atoms with Crippen LogP contribution >= 0.6 is 0 Å². The second kappa shape index (κ2) is 6.22. The van der Waals surface area contributed by atoms with Gasteiger partial charge in [-0.15, -0.1) is 11.8 Å². The lowest BCUT2D eigenvalue weighted by molar-refractivity contribution is -0.128. The Morgan fingerprint density at radius 2 is 1.79 bits per heavy atom. The summed E-state index contributed by atoms with van der Waals surface area (Å²) in [6.45, 7) is 6.67. The van der Waals surface area contributed by atoms with Gasteiger partial charge in [-0.25, -0.2) is 0 Å². The maximum absolute atomic E-state index is 3.94. The van der Waals surface area contributed by atoms with Gasteiger partial charge in [0.2, 0.25) is 0 Å². The second-order valence-corrected chi connectivity index (χ2v) is 14.1. The number of allylic oxidation sites excluding steroid dienone is 2. The lowest BCUT2D eigenvalue weighted by Gasteiger charge is -2.63. The highest BCUT2D eigenvalue weighted by atomic mass is 15.4. The Balaban J connectivity index is 1.33. The molecular weight excluding hydrogens is 398 g/mol. The smallest absolute Gasteiger partial charge is 0.0443 e. The highest BCUT2D eigenvalue weighted by Crippen LogP contribution is 2.82. The predicted octanol–water partition coefficient (Wildman–Crippen LogP) is 7.43. The zero-order valence-electron chi connectivity index (χ0n) is 21.1. The zero-order chi connectivity index (χ0) is 22.1. The highest BCUT2D eigenvalue weighted by molar-refractivity contribution is 5.47. The van der Waals surface area contributed by atoms with Crippen molar-refractivity contribution >= 4 is 0 Å². The average molecular weight is 442 g/mol. The molecule has 4 saturated carbocycles. The lowest BCUT2D eigenvalue weighted by atomic mass is 9.42. The molecule has 4 bridgehead atoms. The van der Waals surface area contributed by atoms with Gasteiger partial charge < -0.3 is 0 Å². The third-order valence-electron chi connectivity index (χ3n) is 13.8. The average Bonchev–Trinajstić information content (AvgIpc) is 3.32. The van der Waals surface area contributed by atoms with Gasteiger partial charge >= 0.3 is 0 Å². The molecule has 0 amide bonds. The first kappa shape index (κ1) is 20.2. The quantitative estimate of drug-likeness (QED) is 0.232. The van der Waals surface area contributed by atoms with Crippen molar-refractivity contribution in [3.05, 3.63) is 23.3 Å². The molecule has 0 N–H and O–H groups in total. The van der Waals surface area contributed by atoms with Crippen LogP contribution in [0, 0.1) is 45.3 Å². The maximum Gasteiger partial charge on any atom is 0.0443 e. The number of nitrogens with zero attached hydrogens (tertiary/aromatic N) is 1. The summed E-state index contributed by atoms with van der Waals surface area (Å²) < 4.78 is 0. The molecule has 176 valence electrons. The fourth-order valence-electron chi connectivity index (χ4n) is 12.2. The zero-order valence-corrected chi connectivity index (χ0v) is 21.1. The van der Waals surface area contributed by atoms with E-state index < -0.39 is 0 Å². The standard InChI is InChI=1S/C32H43N/c1-23-11-20-32-25(24-9-4-3-5-10-24)12-19-30(21-26(23)32)27-13-18-29(15-7-6-14-28(30,32)2)16-8-17-31(29)22-33(27)31/h13,18,24-25,27H,3-5,8-12,14-17,19-22H2,1-2H3.